The number of anilines is 2. The molecule has 1 fully saturated rings. The summed E-state index contributed by atoms with van der Waals surface area (Å²) in [4.78, 5) is 23.6. The van der Waals surface area contributed by atoms with Crippen LogP contribution < -0.4 is 9.80 Å². The highest BCUT2D eigenvalue weighted by atomic mass is 32.1. The van der Waals surface area contributed by atoms with E-state index >= 15 is 0 Å². The standard InChI is InChI=1S/C20H22N4OS/c1-22(20-21-17-9-5-6-10-18(17)26-20)15-19(25)24-13-11-23(12-14-24)16-7-3-2-4-8-16/h2-10H,11-15H2,1H3. The minimum atomic E-state index is 0.166. The van der Waals surface area contributed by atoms with Crippen molar-refractivity contribution >= 4 is 38.3 Å². The van der Waals surface area contributed by atoms with Gasteiger partial charge in [-0.2, -0.15) is 0 Å². The Balaban J connectivity index is 1.35. The second-order valence-electron chi connectivity index (χ2n) is 6.52. The van der Waals surface area contributed by atoms with Crippen molar-refractivity contribution in [1.29, 1.82) is 0 Å². The lowest BCUT2D eigenvalue weighted by Crippen LogP contribution is -2.51. The van der Waals surface area contributed by atoms with Crippen LogP contribution in [0.15, 0.2) is 54.6 Å². The Kier molecular flexibility index (Phi) is 4.75. The van der Waals surface area contributed by atoms with Crippen molar-refractivity contribution in [2.45, 2.75) is 0 Å². The highest BCUT2D eigenvalue weighted by Crippen LogP contribution is 2.27. The van der Waals surface area contributed by atoms with Gasteiger partial charge in [-0.1, -0.05) is 41.7 Å². The van der Waals surface area contributed by atoms with Crippen LogP contribution in [0.5, 0.6) is 0 Å². The first-order valence-electron chi connectivity index (χ1n) is 8.85. The fraction of sp³-hybridized carbons (Fsp3) is 0.300. The van der Waals surface area contributed by atoms with Crippen LogP contribution in [0.4, 0.5) is 10.8 Å². The van der Waals surface area contributed by atoms with E-state index in [1.54, 1.807) is 11.3 Å². The van der Waals surface area contributed by atoms with E-state index in [1.165, 1.54) is 5.69 Å². The van der Waals surface area contributed by atoms with Crippen molar-refractivity contribution in [2.75, 3.05) is 49.6 Å². The maximum Gasteiger partial charge on any atom is 0.242 e. The van der Waals surface area contributed by atoms with E-state index in [-0.39, 0.29) is 5.91 Å². The molecule has 0 N–H and O–H groups in total. The number of carbonyl (C=O) groups is 1. The largest absolute Gasteiger partial charge is 0.368 e. The predicted molar refractivity (Wildman–Crippen MR) is 108 cm³/mol. The monoisotopic (exact) mass is 366 g/mol. The van der Waals surface area contributed by atoms with E-state index in [9.17, 15) is 4.79 Å². The van der Waals surface area contributed by atoms with Gasteiger partial charge in [0.15, 0.2) is 5.13 Å². The van der Waals surface area contributed by atoms with Gasteiger partial charge in [0.1, 0.15) is 0 Å². The Bertz CT molecular complexity index is 854. The zero-order valence-electron chi connectivity index (χ0n) is 14.8. The van der Waals surface area contributed by atoms with Gasteiger partial charge in [-0.15, -0.1) is 0 Å². The molecule has 4 rings (SSSR count). The second kappa shape index (κ2) is 7.33. The average molecular weight is 366 g/mol. The predicted octanol–water partition coefficient (Wildman–Crippen LogP) is 3.08. The molecule has 1 amide bonds. The summed E-state index contributed by atoms with van der Waals surface area (Å²) in [5, 5.41) is 0.891. The lowest BCUT2D eigenvalue weighted by atomic mass is 10.2. The van der Waals surface area contributed by atoms with Crippen molar-refractivity contribution in [3.63, 3.8) is 0 Å². The molecule has 1 saturated heterocycles. The van der Waals surface area contributed by atoms with Gasteiger partial charge in [-0.05, 0) is 24.3 Å². The Morgan fingerprint density at radius 1 is 1.04 bits per heavy atom. The van der Waals surface area contributed by atoms with Gasteiger partial charge in [-0.25, -0.2) is 4.98 Å². The molecular weight excluding hydrogens is 344 g/mol. The molecule has 1 aliphatic rings. The summed E-state index contributed by atoms with van der Waals surface area (Å²) >= 11 is 1.63. The Morgan fingerprint density at radius 3 is 2.46 bits per heavy atom. The van der Waals surface area contributed by atoms with Crippen molar-refractivity contribution < 1.29 is 4.79 Å². The zero-order chi connectivity index (χ0) is 17.9. The number of rotatable bonds is 4. The van der Waals surface area contributed by atoms with Crippen molar-refractivity contribution in [1.82, 2.24) is 9.88 Å². The summed E-state index contributed by atoms with van der Waals surface area (Å²) in [6.45, 7) is 3.65. The third kappa shape index (κ3) is 3.51. The minimum absolute atomic E-state index is 0.166. The molecule has 6 heteroatoms. The molecule has 0 saturated carbocycles. The number of thiazole rings is 1. The number of hydrogen-bond donors (Lipinski definition) is 0. The van der Waals surface area contributed by atoms with Crippen LogP contribution in [-0.4, -0.2) is 55.6 Å². The van der Waals surface area contributed by atoms with Gasteiger partial charge >= 0.3 is 0 Å². The summed E-state index contributed by atoms with van der Waals surface area (Å²) in [7, 11) is 1.94. The number of nitrogens with zero attached hydrogens (tertiary/aromatic N) is 4. The number of benzene rings is 2. The smallest absolute Gasteiger partial charge is 0.242 e. The molecule has 0 bridgehead atoms. The SMILES string of the molecule is CN(CC(=O)N1CCN(c2ccccc2)CC1)c1nc2ccccc2s1. The minimum Gasteiger partial charge on any atom is -0.368 e. The number of carbonyl (C=O) groups excluding carboxylic acids is 1. The first kappa shape index (κ1) is 16.8. The number of para-hydroxylation sites is 2. The Morgan fingerprint density at radius 2 is 1.73 bits per heavy atom. The first-order chi connectivity index (χ1) is 12.7. The van der Waals surface area contributed by atoms with Crippen LogP contribution >= 0.6 is 11.3 Å². The van der Waals surface area contributed by atoms with Crippen molar-refractivity contribution in [3.05, 3.63) is 54.6 Å². The van der Waals surface area contributed by atoms with Gasteiger partial charge in [0.25, 0.3) is 0 Å². The van der Waals surface area contributed by atoms with E-state index in [2.05, 4.69) is 40.2 Å². The third-order valence-corrected chi connectivity index (χ3v) is 5.89. The summed E-state index contributed by atoms with van der Waals surface area (Å²) in [5.74, 6) is 0.166. The lowest BCUT2D eigenvalue weighted by Gasteiger charge is -2.36. The summed E-state index contributed by atoms with van der Waals surface area (Å²) in [6.07, 6.45) is 0. The lowest BCUT2D eigenvalue weighted by molar-refractivity contribution is -0.129. The summed E-state index contributed by atoms with van der Waals surface area (Å²) in [5.41, 5.74) is 2.22. The molecular formula is C20H22N4OS. The zero-order valence-corrected chi connectivity index (χ0v) is 15.7. The number of aromatic nitrogens is 1. The Hall–Kier alpha value is -2.60. The first-order valence-corrected chi connectivity index (χ1v) is 9.67. The number of amides is 1. The second-order valence-corrected chi connectivity index (χ2v) is 7.53. The van der Waals surface area contributed by atoms with Gasteiger partial charge in [0.2, 0.25) is 5.91 Å². The van der Waals surface area contributed by atoms with Gasteiger partial charge in [0, 0.05) is 38.9 Å². The van der Waals surface area contributed by atoms with E-state index < -0.39 is 0 Å². The summed E-state index contributed by atoms with van der Waals surface area (Å²) in [6, 6.07) is 18.5. The number of fused-ring (bicyclic) bond motifs is 1. The van der Waals surface area contributed by atoms with Gasteiger partial charge < -0.3 is 14.7 Å². The molecule has 0 aliphatic carbocycles. The normalized spacial score (nSPS) is 14.7. The summed E-state index contributed by atoms with van der Waals surface area (Å²) < 4.78 is 1.15. The molecule has 1 aliphatic heterocycles. The molecule has 0 unspecified atom stereocenters. The van der Waals surface area contributed by atoms with Crippen LogP contribution in [0.1, 0.15) is 0 Å². The van der Waals surface area contributed by atoms with E-state index in [0.29, 0.717) is 6.54 Å². The van der Waals surface area contributed by atoms with Crippen LogP contribution in [-0.2, 0) is 4.79 Å². The molecule has 134 valence electrons. The molecule has 1 aromatic heterocycles. The maximum absolute atomic E-state index is 12.7. The molecule has 3 aromatic rings. The topological polar surface area (TPSA) is 39.7 Å². The van der Waals surface area contributed by atoms with Crippen LogP contribution in [0.3, 0.4) is 0 Å². The molecule has 0 radical (unpaired) electrons. The molecule has 2 heterocycles. The van der Waals surface area contributed by atoms with Crippen molar-refractivity contribution in [2.24, 2.45) is 0 Å². The highest BCUT2D eigenvalue weighted by Gasteiger charge is 2.22. The van der Waals surface area contributed by atoms with Gasteiger partial charge in [-0.3, -0.25) is 4.79 Å². The molecule has 0 atom stereocenters. The highest BCUT2D eigenvalue weighted by molar-refractivity contribution is 7.22. The molecule has 5 nitrogen and oxygen atoms in total. The fourth-order valence-corrected chi connectivity index (χ4v) is 4.17. The van der Waals surface area contributed by atoms with E-state index in [1.807, 2.05) is 41.1 Å². The van der Waals surface area contributed by atoms with Crippen LogP contribution in [0, 0.1) is 0 Å². The van der Waals surface area contributed by atoms with E-state index in [4.69, 9.17) is 0 Å². The van der Waals surface area contributed by atoms with Gasteiger partial charge in [0.05, 0.1) is 16.8 Å². The quantitative estimate of drug-likeness (QED) is 0.711. The van der Waals surface area contributed by atoms with Crippen molar-refractivity contribution in [3.8, 4) is 0 Å². The fourth-order valence-electron chi connectivity index (χ4n) is 3.25. The van der Waals surface area contributed by atoms with Crippen LogP contribution in [0.2, 0.25) is 0 Å². The molecule has 26 heavy (non-hydrogen) atoms. The van der Waals surface area contributed by atoms with E-state index in [0.717, 1.165) is 41.5 Å². The van der Waals surface area contributed by atoms with Crippen LogP contribution in [0.25, 0.3) is 10.2 Å². The molecule has 2 aromatic carbocycles. The maximum atomic E-state index is 12.7. The Labute approximate surface area is 157 Å². The number of likely N-dealkylation sites (N-methyl/N-ethyl adjacent to an activating group) is 1. The third-order valence-electron chi connectivity index (χ3n) is 4.74. The number of piperazine rings is 1. The number of hydrogen-bond acceptors (Lipinski definition) is 5. The average Bonchev–Trinajstić information content (AvgIpc) is 3.13. The molecule has 0 spiro atoms.